The lowest BCUT2D eigenvalue weighted by molar-refractivity contribution is -0.137. The van der Waals surface area contributed by atoms with Crippen molar-refractivity contribution in [2.75, 3.05) is 32.1 Å². The molecule has 4 N–H and O–H groups in total. The molecule has 1 aromatic carbocycles. The normalized spacial score (nSPS) is 18.0. The van der Waals surface area contributed by atoms with E-state index in [2.05, 4.69) is 32.6 Å². The highest BCUT2D eigenvalue weighted by Gasteiger charge is 2.39. The number of anilines is 1. The largest absolute Gasteiger partial charge is 0.416 e. The summed E-state index contributed by atoms with van der Waals surface area (Å²) in [6, 6.07) is 8.00. The Kier molecular flexibility index (Phi) is 7.64. The van der Waals surface area contributed by atoms with Gasteiger partial charge in [0.25, 0.3) is 11.8 Å². The number of amides is 2. The van der Waals surface area contributed by atoms with E-state index in [0.29, 0.717) is 42.2 Å². The van der Waals surface area contributed by atoms with Gasteiger partial charge in [0.05, 0.1) is 23.5 Å². The van der Waals surface area contributed by atoms with Gasteiger partial charge in [0.1, 0.15) is 30.2 Å². The van der Waals surface area contributed by atoms with Gasteiger partial charge in [-0.3, -0.25) is 25.0 Å². The molecule has 5 rings (SSSR count). The van der Waals surface area contributed by atoms with E-state index in [1.54, 1.807) is 35.4 Å². The number of pyridine rings is 1. The van der Waals surface area contributed by atoms with E-state index < -0.39 is 17.6 Å². The number of hydrazine groups is 2. The van der Waals surface area contributed by atoms with Crippen molar-refractivity contribution in [3.8, 4) is 11.8 Å². The number of hydrogen-bond donors (Lipinski definition) is 3. The number of fused-ring (bicyclic) bond motifs is 1. The Morgan fingerprint density at radius 2 is 2.02 bits per heavy atom. The van der Waals surface area contributed by atoms with Crippen LogP contribution < -0.4 is 16.6 Å². The lowest BCUT2D eigenvalue weighted by Gasteiger charge is -2.29. The molecule has 14 heteroatoms. The fourth-order valence-electron chi connectivity index (χ4n) is 4.64. The molecule has 41 heavy (non-hydrogen) atoms. The number of ether oxygens (including phenoxy) is 1. The second-order valence-electron chi connectivity index (χ2n) is 9.28. The van der Waals surface area contributed by atoms with Crippen molar-refractivity contribution >= 4 is 29.7 Å². The summed E-state index contributed by atoms with van der Waals surface area (Å²) in [5.41, 5.74) is 5.40. The number of nitrogens with zero attached hydrogens (tertiary/aromatic N) is 5. The number of aliphatic imine (C=N–C) groups is 1. The number of nitrogens with two attached hydrogens (primary N) is 1. The number of methoxy groups -OCH3 is 1. The zero-order chi connectivity index (χ0) is 29.1. The Morgan fingerprint density at radius 3 is 2.76 bits per heavy atom. The molecule has 0 bridgehead atoms. The average molecular weight is 567 g/mol. The third-order valence-corrected chi connectivity index (χ3v) is 6.61. The van der Waals surface area contributed by atoms with Gasteiger partial charge in [-0.25, -0.2) is 15.8 Å². The maximum Gasteiger partial charge on any atom is 0.416 e. The summed E-state index contributed by atoms with van der Waals surface area (Å²) in [4.78, 5) is 34.9. The van der Waals surface area contributed by atoms with Gasteiger partial charge in [-0.2, -0.15) is 13.2 Å². The topological polar surface area (TPSA) is 128 Å². The van der Waals surface area contributed by atoms with Crippen LogP contribution in [-0.4, -0.2) is 70.9 Å². The van der Waals surface area contributed by atoms with E-state index in [4.69, 9.17) is 10.6 Å². The third-order valence-electron chi connectivity index (χ3n) is 6.61. The number of carbonyl (C=O) groups excluding carboxylic acids is 2. The van der Waals surface area contributed by atoms with Crippen LogP contribution in [0.15, 0.2) is 65.2 Å². The zero-order valence-corrected chi connectivity index (χ0v) is 21.8. The van der Waals surface area contributed by atoms with E-state index in [0.717, 1.165) is 18.3 Å². The maximum absolute atomic E-state index is 13.0. The lowest BCUT2D eigenvalue weighted by atomic mass is 10.1. The number of benzene rings is 1. The first-order valence-electron chi connectivity index (χ1n) is 12.5. The Balaban J connectivity index is 1.32. The predicted molar refractivity (Wildman–Crippen MR) is 143 cm³/mol. The number of alkyl halides is 3. The van der Waals surface area contributed by atoms with Crippen molar-refractivity contribution in [2.24, 2.45) is 10.8 Å². The summed E-state index contributed by atoms with van der Waals surface area (Å²) in [5.74, 6) is 10.4. The fourth-order valence-corrected chi connectivity index (χ4v) is 4.64. The first-order valence-corrected chi connectivity index (χ1v) is 12.5. The monoisotopic (exact) mass is 566 g/mol. The molecule has 1 saturated heterocycles. The molecular weight excluding hydrogens is 541 g/mol. The van der Waals surface area contributed by atoms with Crippen LogP contribution in [0.1, 0.15) is 27.9 Å². The fraction of sp³-hybridized carbons (Fsp3) is 0.259. The number of hydrogen-bond acceptors (Lipinski definition) is 9. The molecule has 3 aliphatic heterocycles. The Morgan fingerprint density at radius 1 is 1.24 bits per heavy atom. The number of aromatic nitrogens is 1. The van der Waals surface area contributed by atoms with E-state index in [1.807, 2.05) is 5.01 Å². The average Bonchev–Trinajstić information content (AvgIpc) is 3.59. The summed E-state index contributed by atoms with van der Waals surface area (Å²) >= 11 is 0. The van der Waals surface area contributed by atoms with Crippen molar-refractivity contribution < 1.29 is 27.5 Å². The molecule has 0 radical (unpaired) electrons. The number of nitrogens with one attached hydrogen (secondary N) is 2. The molecule has 0 spiro atoms. The molecular formula is C27H25F3N8O3. The number of rotatable bonds is 5. The first kappa shape index (κ1) is 27.7. The number of carbonyl (C=O) groups is 2. The van der Waals surface area contributed by atoms with E-state index in [1.165, 1.54) is 18.5 Å². The van der Waals surface area contributed by atoms with E-state index in [9.17, 15) is 22.8 Å². The van der Waals surface area contributed by atoms with Crippen molar-refractivity contribution in [3.63, 3.8) is 0 Å². The van der Waals surface area contributed by atoms with Crippen molar-refractivity contribution in [1.29, 1.82) is 0 Å². The quantitative estimate of drug-likeness (QED) is 0.371. The van der Waals surface area contributed by atoms with Gasteiger partial charge in [-0.1, -0.05) is 18.1 Å². The van der Waals surface area contributed by atoms with E-state index >= 15 is 0 Å². The SMILES string of the molecule is COCC#CC(=O)N1CC[C@@H](N2NC(c3ccc(C(=O)Nc4cc(C(F)(F)F)ccn4)cc3)=C3C2=CN=CN3N)C1. The van der Waals surface area contributed by atoms with Crippen molar-refractivity contribution in [1.82, 2.24) is 25.3 Å². The summed E-state index contributed by atoms with van der Waals surface area (Å²) < 4.78 is 43.9. The standard InChI is InChI=1S/C27H25F3N8O3/c1-41-12-2-3-23(39)36-11-9-20(15-36)38-21-14-32-16-37(31)25(21)24(35-38)17-4-6-18(7-5-17)26(40)34-22-13-19(8-10-33-22)27(28,29)30/h4-8,10,13-14,16,20,35H,9,11-12,15,31H2,1H3,(H,33,34,40)/t20-/m1/s1. The number of halogens is 3. The second-order valence-corrected chi connectivity index (χ2v) is 9.28. The molecule has 1 fully saturated rings. The molecule has 1 aromatic heterocycles. The highest BCUT2D eigenvalue weighted by molar-refractivity contribution is 6.04. The van der Waals surface area contributed by atoms with Crippen LogP contribution in [0.25, 0.3) is 5.70 Å². The zero-order valence-electron chi connectivity index (χ0n) is 21.8. The van der Waals surface area contributed by atoms with Gasteiger partial charge in [0.15, 0.2) is 0 Å². The van der Waals surface area contributed by atoms with Crippen molar-refractivity contribution in [2.45, 2.75) is 18.6 Å². The lowest BCUT2D eigenvalue weighted by Crippen LogP contribution is -2.43. The highest BCUT2D eigenvalue weighted by Crippen LogP contribution is 2.36. The first-order chi connectivity index (χ1) is 19.7. The van der Waals surface area contributed by atoms with Gasteiger partial charge < -0.3 is 15.0 Å². The van der Waals surface area contributed by atoms with Crippen LogP contribution in [-0.2, 0) is 15.7 Å². The summed E-state index contributed by atoms with van der Waals surface area (Å²) in [6.45, 7) is 1.14. The summed E-state index contributed by atoms with van der Waals surface area (Å²) in [6.07, 6.45) is 0.243. The minimum absolute atomic E-state index is 0.0892. The minimum atomic E-state index is -4.56. The molecule has 4 heterocycles. The van der Waals surface area contributed by atoms with Gasteiger partial charge in [-0.15, -0.1) is 0 Å². The van der Waals surface area contributed by atoms with Gasteiger partial charge in [0, 0.05) is 37.5 Å². The van der Waals surface area contributed by atoms with E-state index in [-0.39, 0.29) is 29.9 Å². The molecule has 2 amide bonds. The Bertz CT molecular complexity index is 1510. The van der Waals surface area contributed by atoms with Crippen LogP contribution in [0, 0.1) is 11.8 Å². The molecule has 1 atom stereocenters. The molecule has 212 valence electrons. The third kappa shape index (κ3) is 5.86. The van der Waals surface area contributed by atoms with Crippen molar-refractivity contribution in [3.05, 3.63) is 76.9 Å². The Hall–Kier alpha value is -4.87. The highest BCUT2D eigenvalue weighted by atomic mass is 19.4. The molecule has 0 unspecified atom stereocenters. The summed E-state index contributed by atoms with van der Waals surface area (Å²) in [5, 5.41) is 5.69. The van der Waals surface area contributed by atoms with Crippen LogP contribution in [0.2, 0.25) is 0 Å². The summed E-state index contributed by atoms with van der Waals surface area (Å²) in [7, 11) is 1.51. The smallest absolute Gasteiger partial charge is 0.372 e. The molecule has 3 aliphatic rings. The minimum Gasteiger partial charge on any atom is -0.372 e. The molecule has 11 nitrogen and oxygen atoms in total. The Labute approximate surface area is 233 Å². The van der Waals surface area contributed by atoms with Crippen LogP contribution in [0.5, 0.6) is 0 Å². The second kappa shape index (κ2) is 11.3. The molecule has 0 saturated carbocycles. The van der Waals surface area contributed by atoms with Gasteiger partial charge in [-0.05, 0) is 36.6 Å². The van der Waals surface area contributed by atoms with Gasteiger partial charge in [0.2, 0.25) is 0 Å². The predicted octanol–water partition coefficient (Wildman–Crippen LogP) is 2.15. The molecule has 0 aliphatic carbocycles. The number of likely N-dealkylation sites (tertiary alicyclic amines) is 1. The molecule has 2 aromatic rings. The van der Waals surface area contributed by atoms with Crippen LogP contribution >= 0.6 is 0 Å². The van der Waals surface area contributed by atoms with Gasteiger partial charge >= 0.3 is 6.18 Å². The maximum atomic E-state index is 13.0. The van der Waals surface area contributed by atoms with Crippen LogP contribution in [0.4, 0.5) is 19.0 Å². The van der Waals surface area contributed by atoms with Crippen LogP contribution in [0.3, 0.4) is 0 Å².